The number of phenolic OH excluding ortho intramolecular Hbond substituents is 1. The number of hydrogen-bond acceptors (Lipinski definition) is 5. The standard InChI is InChI=1S/C15H24N2O4/c1-10(2)9-17(15(20)21-16)14(11(3)18)8-12-4-6-13(19)7-5-12/h4-7,10-11,14,18-19H,8-9,16H2,1-3H3. The molecule has 0 fully saturated rings. The third-order valence-electron chi connectivity index (χ3n) is 3.24. The SMILES string of the molecule is CC(C)CN(C(=O)ON)C(Cc1ccc(O)cc1)C(C)O. The molecule has 1 aromatic carbocycles. The van der Waals surface area contributed by atoms with Crippen LogP contribution in [0.4, 0.5) is 4.79 Å². The van der Waals surface area contributed by atoms with Gasteiger partial charge in [0.1, 0.15) is 5.75 Å². The first-order chi connectivity index (χ1) is 9.85. The summed E-state index contributed by atoms with van der Waals surface area (Å²) in [7, 11) is 0. The fourth-order valence-electron chi connectivity index (χ4n) is 2.22. The molecule has 0 heterocycles. The van der Waals surface area contributed by atoms with Crippen LogP contribution in [0.3, 0.4) is 0 Å². The van der Waals surface area contributed by atoms with Gasteiger partial charge in [0, 0.05) is 6.54 Å². The van der Waals surface area contributed by atoms with E-state index in [4.69, 9.17) is 5.90 Å². The van der Waals surface area contributed by atoms with Crippen molar-refractivity contribution in [1.29, 1.82) is 0 Å². The van der Waals surface area contributed by atoms with Crippen LogP contribution in [-0.4, -0.2) is 39.9 Å². The summed E-state index contributed by atoms with van der Waals surface area (Å²) in [6.07, 6.45) is -0.954. The summed E-state index contributed by atoms with van der Waals surface area (Å²) < 4.78 is 0. The Morgan fingerprint density at radius 2 is 1.86 bits per heavy atom. The molecule has 0 aliphatic heterocycles. The lowest BCUT2D eigenvalue weighted by Gasteiger charge is -2.33. The van der Waals surface area contributed by atoms with Crippen LogP contribution < -0.4 is 5.90 Å². The Morgan fingerprint density at radius 1 is 1.29 bits per heavy atom. The van der Waals surface area contributed by atoms with Gasteiger partial charge in [-0.1, -0.05) is 26.0 Å². The molecule has 1 rings (SSSR count). The smallest absolute Gasteiger partial charge is 0.428 e. The van der Waals surface area contributed by atoms with E-state index in [1.807, 2.05) is 13.8 Å². The molecule has 1 amide bonds. The minimum absolute atomic E-state index is 0.174. The summed E-state index contributed by atoms with van der Waals surface area (Å²) in [6.45, 7) is 6.00. The van der Waals surface area contributed by atoms with Crippen molar-refractivity contribution in [3.05, 3.63) is 29.8 Å². The summed E-state index contributed by atoms with van der Waals surface area (Å²) >= 11 is 0. The van der Waals surface area contributed by atoms with Crippen LogP contribution in [-0.2, 0) is 11.3 Å². The summed E-state index contributed by atoms with van der Waals surface area (Å²) in [5, 5.41) is 19.3. The molecule has 21 heavy (non-hydrogen) atoms. The highest BCUT2D eigenvalue weighted by atomic mass is 16.7. The average Bonchev–Trinajstić information content (AvgIpc) is 2.43. The van der Waals surface area contributed by atoms with Crippen molar-refractivity contribution >= 4 is 6.09 Å². The van der Waals surface area contributed by atoms with Crippen molar-refractivity contribution in [1.82, 2.24) is 4.90 Å². The van der Waals surface area contributed by atoms with Gasteiger partial charge in [-0.15, -0.1) is 0 Å². The van der Waals surface area contributed by atoms with E-state index in [0.29, 0.717) is 13.0 Å². The number of aliphatic hydroxyl groups excluding tert-OH is 1. The van der Waals surface area contributed by atoms with Gasteiger partial charge in [-0.2, -0.15) is 5.90 Å². The Bertz CT molecular complexity index is 445. The molecule has 0 aromatic heterocycles. The first kappa shape index (κ1) is 17.3. The zero-order chi connectivity index (χ0) is 16.0. The Labute approximate surface area is 125 Å². The number of hydrogen-bond donors (Lipinski definition) is 3. The Balaban J connectivity index is 2.95. The third kappa shape index (κ3) is 5.24. The van der Waals surface area contributed by atoms with E-state index < -0.39 is 18.2 Å². The fraction of sp³-hybridized carbons (Fsp3) is 0.533. The number of aliphatic hydroxyl groups is 1. The summed E-state index contributed by atoms with van der Waals surface area (Å²) in [5.74, 6) is 5.38. The van der Waals surface area contributed by atoms with E-state index in [1.54, 1.807) is 31.2 Å². The molecule has 6 nitrogen and oxygen atoms in total. The summed E-state index contributed by atoms with van der Waals surface area (Å²) in [5.41, 5.74) is 0.900. The molecule has 2 atom stereocenters. The van der Waals surface area contributed by atoms with Crippen molar-refractivity contribution in [3.63, 3.8) is 0 Å². The Morgan fingerprint density at radius 3 is 2.29 bits per heavy atom. The van der Waals surface area contributed by atoms with Gasteiger partial charge in [-0.05, 0) is 37.0 Å². The van der Waals surface area contributed by atoms with E-state index in [-0.39, 0.29) is 11.7 Å². The molecule has 0 spiro atoms. The van der Waals surface area contributed by atoms with Crippen molar-refractivity contribution in [2.45, 2.75) is 39.3 Å². The number of amides is 1. The molecule has 0 radical (unpaired) electrons. The van der Waals surface area contributed by atoms with E-state index in [0.717, 1.165) is 5.56 Å². The minimum Gasteiger partial charge on any atom is -0.508 e. The highest BCUT2D eigenvalue weighted by molar-refractivity contribution is 5.67. The zero-order valence-electron chi connectivity index (χ0n) is 12.7. The molecular formula is C15H24N2O4. The highest BCUT2D eigenvalue weighted by Gasteiger charge is 2.29. The molecule has 0 bridgehead atoms. The number of aromatic hydroxyl groups is 1. The Kier molecular flexibility index (Phi) is 6.45. The highest BCUT2D eigenvalue weighted by Crippen LogP contribution is 2.17. The number of phenols is 1. The van der Waals surface area contributed by atoms with E-state index >= 15 is 0 Å². The number of carbonyl (C=O) groups excluding carboxylic acids is 1. The van der Waals surface area contributed by atoms with Gasteiger partial charge < -0.3 is 20.0 Å². The fourth-order valence-corrected chi connectivity index (χ4v) is 2.22. The number of nitrogens with two attached hydrogens (primary N) is 1. The maximum Gasteiger partial charge on any atom is 0.428 e. The van der Waals surface area contributed by atoms with Crippen LogP contribution in [0, 0.1) is 5.92 Å². The number of rotatable bonds is 6. The second kappa shape index (κ2) is 7.85. The van der Waals surface area contributed by atoms with Gasteiger partial charge in [0.15, 0.2) is 0 Å². The monoisotopic (exact) mass is 296 g/mol. The predicted octanol–water partition coefficient (Wildman–Crippen LogP) is 1.65. The lowest BCUT2D eigenvalue weighted by molar-refractivity contribution is 0.0352. The molecule has 4 N–H and O–H groups in total. The second-order valence-electron chi connectivity index (χ2n) is 5.61. The minimum atomic E-state index is -0.739. The normalized spacial score (nSPS) is 13.8. The van der Waals surface area contributed by atoms with Crippen molar-refractivity contribution in [3.8, 4) is 5.75 Å². The number of carbonyl (C=O) groups is 1. The maximum absolute atomic E-state index is 11.9. The summed E-state index contributed by atoms with van der Waals surface area (Å²) in [4.78, 5) is 17.6. The lowest BCUT2D eigenvalue weighted by Crippen LogP contribution is -2.49. The molecule has 0 aliphatic rings. The molecule has 0 saturated carbocycles. The van der Waals surface area contributed by atoms with Gasteiger partial charge in [-0.25, -0.2) is 4.79 Å². The van der Waals surface area contributed by atoms with Gasteiger partial charge in [0.2, 0.25) is 0 Å². The molecule has 2 unspecified atom stereocenters. The summed E-state index contributed by atoms with van der Waals surface area (Å²) in [6, 6.07) is 6.20. The lowest BCUT2D eigenvalue weighted by atomic mass is 9.99. The van der Waals surface area contributed by atoms with E-state index in [9.17, 15) is 15.0 Å². The molecule has 118 valence electrons. The number of benzene rings is 1. The van der Waals surface area contributed by atoms with Crippen molar-refractivity contribution in [2.75, 3.05) is 6.54 Å². The van der Waals surface area contributed by atoms with Crippen LogP contribution in [0.15, 0.2) is 24.3 Å². The van der Waals surface area contributed by atoms with Crippen LogP contribution in [0.25, 0.3) is 0 Å². The Hall–Kier alpha value is -1.79. The van der Waals surface area contributed by atoms with Gasteiger partial charge in [0.05, 0.1) is 12.1 Å². The van der Waals surface area contributed by atoms with Crippen LogP contribution in [0.5, 0.6) is 5.75 Å². The zero-order valence-corrected chi connectivity index (χ0v) is 12.7. The van der Waals surface area contributed by atoms with Crippen LogP contribution in [0.1, 0.15) is 26.3 Å². The molecule has 6 heteroatoms. The first-order valence-electron chi connectivity index (χ1n) is 6.98. The third-order valence-corrected chi connectivity index (χ3v) is 3.24. The first-order valence-corrected chi connectivity index (χ1v) is 6.98. The van der Waals surface area contributed by atoms with Gasteiger partial charge >= 0.3 is 6.09 Å². The van der Waals surface area contributed by atoms with E-state index in [2.05, 4.69) is 4.84 Å². The molecule has 1 aromatic rings. The molecule has 0 aliphatic carbocycles. The van der Waals surface area contributed by atoms with Gasteiger partial charge in [-0.3, -0.25) is 0 Å². The topological polar surface area (TPSA) is 96.0 Å². The van der Waals surface area contributed by atoms with Gasteiger partial charge in [0.25, 0.3) is 0 Å². The average molecular weight is 296 g/mol. The van der Waals surface area contributed by atoms with Crippen LogP contribution in [0.2, 0.25) is 0 Å². The predicted molar refractivity (Wildman–Crippen MR) is 79.5 cm³/mol. The number of nitrogens with zero attached hydrogens (tertiary/aromatic N) is 1. The van der Waals surface area contributed by atoms with Crippen molar-refractivity contribution < 1.29 is 19.8 Å². The maximum atomic E-state index is 11.9. The second-order valence-corrected chi connectivity index (χ2v) is 5.61. The quantitative estimate of drug-likeness (QED) is 0.694. The van der Waals surface area contributed by atoms with Crippen LogP contribution >= 0.6 is 0 Å². The largest absolute Gasteiger partial charge is 0.508 e. The van der Waals surface area contributed by atoms with E-state index in [1.165, 1.54) is 4.90 Å². The molecule has 0 saturated heterocycles. The molecular weight excluding hydrogens is 272 g/mol. The van der Waals surface area contributed by atoms with Crippen molar-refractivity contribution in [2.24, 2.45) is 11.8 Å².